The van der Waals surface area contributed by atoms with Crippen molar-refractivity contribution in [2.24, 2.45) is 5.92 Å². The van der Waals surface area contributed by atoms with Crippen LogP contribution in [0.5, 0.6) is 0 Å². The number of rotatable bonds is 5. The highest BCUT2D eigenvalue weighted by Gasteiger charge is 2.26. The molecule has 2 aliphatic heterocycles. The van der Waals surface area contributed by atoms with Crippen LogP contribution in [0.25, 0.3) is 0 Å². The minimum Gasteiger partial charge on any atom is -0.373 e. The molecular weight excluding hydrogens is 306 g/mol. The molecule has 1 aromatic heterocycles. The summed E-state index contributed by atoms with van der Waals surface area (Å²) < 4.78 is 7.71. The molecule has 2 saturated heterocycles. The Morgan fingerprint density at radius 3 is 2.83 bits per heavy atom. The third-order valence-electron chi connectivity index (χ3n) is 5.06. The largest absolute Gasteiger partial charge is 0.373 e. The van der Waals surface area contributed by atoms with Crippen molar-refractivity contribution in [3.8, 4) is 0 Å². The third-order valence-corrected chi connectivity index (χ3v) is 5.06. The molecule has 0 radical (unpaired) electrons. The maximum Gasteiger partial charge on any atom is 0.222 e. The van der Waals surface area contributed by atoms with E-state index in [4.69, 9.17) is 4.74 Å². The highest BCUT2D eigenvalue weighted by molar-refractivity contribution is 5.76. The minimum atomic E-state index is 0.00128. The van der Waals surface area contributed by atoms with Gasteiger partial charge >= 0.3 is 0 Å². The predicted molar refractivity (Wildman–Crippen MR) is 90.6 cm³/mol. The van der Waals surface area contributed by atoms with Gasteiger partial charge in [-0.3, -0.25) is 4.79 Å². The first-order chi connectivity index (χ1) is 11.6. The molecule has 2 aliphatic rings. The van der Waals surface area contributed by atoms with E-state index in [1.165, 1.54) is 12.8 Å². The number of hydrogen-bond donors (Lipinski definition) is 1. The zero-order chi connectivity index (χ0) is 16.9. The zero-order valence-electron chi connectivity index (χ0n) is 14.8. The molecular formula is C17H29N5O2. The Kier molecular flexibility index (Phi) is 5.84. The van der Waals surface area contributed by atoms with Gasteiger partial charge in [-0.25, -0.2) is 9.67 Å². The fourth-order valence-electron chi connectivity index (χ4n) is 3.64. The molecule has 24 heavy (non-hydrogen) atoms. The van der Waals surface area contributed by atoms with Crippen molar-refractivity contribution in [2.75, 3.05) is 32.8 Å². The number of nitrogens with one attached hydrogen (secondary N) is 1. The second-order valence-corrected chi connectivity index (χ2v) is 6.95. The first-order valence-electron chi connectivity index (χ1n) is 9.10. The summed E-state index contributed by atoms with van der Waals surface area (Å²) in [6.45, 7) is 8.65. The molecule has 134 valence electrons. The summed E-state index contributed by atoms with van der Waals surface area (Å²) in [4.78, 5) is 18.8. The van der Waals surface area contributed by atoms with Gasteiger partial charge in [-0.2, -0.15) is 5.10 Å². The monoisotopic (exact) mass is 335 g/mol. The standard InChI is InChI=1S/C17H29N5O2/c1-13-19-14(2)22(20-13)12-16-11-21(9-10-24-16)17(23)4-3-15-5-7-18-8-6-15/h15-16,18H,3-12H2,1-2H3. The number of ether oxygens (including phenoxy) is 1. The lowest BCUT2D eigenvalue weighted by atomic mass is 9.93. The number of aromatic nitrogens is 3. The van der Waals surface area contributed by atoms with Gasteiger partial charge in [-0.15, -0.1) is 0 Å². The van der Waals surface area contributed by atoms with E-state index in [1.807, 2.05) is 23.4 Å². The molecule has 2 fully saturated rings. The molecule has 0 saturated carbocycles. The van der Waals surface area contributed by atoms with Crippen molar-refractivity contribution in [3.63, 3.8) is 0 Å². The van der Waals surface area contributed by atoms with E-state index in [1.54, 1.807) is 0 Å². The van der Waals surface area contributed by atoms with Gasteiger partial charge in [0.2, 0.25) is 5.91 Å². The number of piperidine rings is 1. The SMILES string of the molecule is Cc1nc(C)n(CC2CN(C(=O)CCC3CCNCC3)CCO2)n1. The average Bonchev–Trinajstić information content (AvgIpc) is 2.91. The summed E-state index contributed by atoms with van der Waals surface area (Å²) in [5.74, 6) is 2.64. The fourth-order valence-corrected chi connectivity index (χ4v) is 3.64. The number of morpholine rings is 1. The average molecular weight is 335 g/mol. The Morgan fingerprint density at radius 1 is 1.33 bits per heavy atom. The summed E-state index contributed by atoms with van der Waals surface area (Å²) in [5.41, 5.74) is 0. The van der Waals surface area contributed by atoms with Crippen molar-refractivity contribution in [3.05, 3.63) is 11.6 Å². The van der Waals surface area contributed by atoms with E-state index in [-0.39, 0.29) is 12.0 Å². The lowest BCUT2D eigenvalue weighted by molar-refractivity contribution is -0.139. The van der Waals surface area contributed by atoms with Crippen LogP contribution in [-0.2, 0) is 16.1 Å². The topological polar surface area (TPSA) is 72.3 Å². The summed E-state index contributed by atoms with van der Waals surface area (Å²) in [6, 6.07) is 0. The van der Waals surface area contributed by atoms with Crippen LogP contribution in [0.4, 0.5) is 0 Å². The highest BCUT2D eigenvalue weighted by atomic mass is 16.5. The molecule has 0 bridgehead atoms. The lowest BCUT2D eigenvalue weighted by Crippen LogP contribution is -2.47. The Bertz CT molecular complexity index is 553. The van der Waals surface area contributed by atoms with Gasteiger partial charge in [-0.1, -0.05) is 0 Å². The summed E-state index contributed by atoms with van der Waals surface area (Å²) in [7, 11) is 0. The van der Waals surface area contributed by atoms with E-state index in [2.05, 4.69) is 15.4 Å². The molecule has 3 heterocycles. The van der Waals surface area contributed by atoms with Crippen molar-refractivity contribution in [2.45, 2.75) is 52.2 Å². The summed E-state index contributed by atoms with van der Waals surface area (Å²) >= 11 is 0. The molecule has 1 aromatic rings. The van der Waals surface area contributed by atoms with E-state index >= 15 is 0 Å². The molecule has 1 amide bonds. The van der Waals surface area contributed by atoms with E-state index in [9.17, 15) is 4.79 Å². The zero-order valence-corrected chi connectivity index (χ0v) is 14.8. The van der Waals surface area contributed by atoms with Crippen LogP contribution in [0, 0.1) is 19.8 Å². The van der Waals surface area contributed by atoms with E-state index in [0.717, 1.165) is 31.2 Å². The molecule has 1 unspecified atom stereocenters. The Balaban J connectivity index is 1.47. The maximum absolute atomic E-state index is 12.5. The second-order valence-electron chi connectivity index (χ2n) is 6.95. The number of carbonyl (C=O) groups excluding carboxylic acids is 1. The van der Waals surface area contributed by atoms with E-state index in [0.29, 0.717) is 38.6 Å². The maximum atomic E-state index is 12.5. The number of hydrogen-bond acceptors (Lipinski definition) is 5. The molecule has 0 spiro atoms. The number of carbonyl (C=O) groups is 1. The molecule has 1 atom stereocenters. The smallest absolute Gasteiger partial charge is 0.222 e. The first-order valence-corrected chi connectivity index (χ1v) is 9.10. The molecule has 0 aromatic carbocycles. The van der Waals surface area contributed by atoms with Gasteiger partial charge in [0.15, 0.2) is 0 Å². The van der Waals surface area contributed by atoms with Crippen molar-refractivity contribution < 1.29 is 9.53 Å². The Labute approximate surface area is 143 Å². The van der Waals surface area contributed by atoms with Crippen LogP contribution >= 0.6 is 0 Å². The van der Waals surface area contributed by atoms with Gasteiger partial charge in [0.25, 0.3) is 0 Å². The quantitative estimate of drug-likeness (QED) is 0.866. The van der Waals surface area contributed by atoms with Gasteiger partial charge in [-0.05, 0) is 52.1 Å². The molecule has 7 nitrogen and oxygen atoms in total. The number of aryl methyl sites for hydroxylation is 2. The highest BCUT2D eigenvalue weighted by Crippen LogP contribution is 2.19. The minimum absolute atomic E-state index is 0.00128. The summed E-state index contributed by atoms with van der Waals surface area (Å²) in [5, 5.41) is 7.76. The lowest BCUT2D eigenvalue weighted by Gasteiger charge is -2.33. The van der Waals surface area contributed by atoms with Crippen LogP contribution in [0.3, 0.4) is 0 Å². The van der Waals surface area contributed by atoms with Crippen molar-refractivity contribution >= 4 is 5.91 Å². The summed E-state index contributed by atoms with van der Waals surface area (Å²) in [6.07, 6.45) is 4.08. The predicted octanol–water partition coefficient (Wildman–Crippen LogP) is 0.902. The fraction of sp³-hybridized carbons (Fsp3) is 0.824. The van der Waals surface area contributed by atoms with Gasteiger partial charge in [0.05, 0.1) is 19.3 Å². The first kappa shape index (κ1) is 17.4. The molecule has 1 N–H and O–H groups in total. The van der Waals surface area contributed by atoms with Crippen LogP contribution in [0.2, 0.25) is 0 Å². The van der Waals surface area contributed by atoms with Crippen LogP contribution in [0.1, 0.15) is 37.3 Å². The van der Waals surface area contributed by atoms with Crippen molar-refractivity contribution in [1.82, 2.24) is 25.0 Å². The third kappa shape index (κ3) is 4.54. The normalized spacial score (nSPS) is 22.8. The van der Waals surface area contributed by atoms with Crippen molar-refractivity contribution in [1.29, 1.82) is 0 Å². The second kappa shape index (κ2) is 8.07. The molecule has 0 aliphatic carbocycles. The van der Waals surface area contributed by atoms with Crippen LogP contribution in [-0.4, -0.2) is 64.5 Å². The number of nitrogens with zero attached hydrogens (tertiary/aromatic N) is 4. The van der Waals surface area contributed by atoms with Crippen LogP contribution < -0.4 is 5.32 Å². The van der Waals surface area contributed by atoms with Gasteiger partial charge in [0.1, 0.15) is 11.6 Å². The number of amides is 1. The van der Waals surface area contributed by atoms with E-state index < -0.39 is 0 Å². The van der Waals surface area contributed by atoms with Crippen LogP contribution in [0.15, 0.2) is 0 Å². The Morgan fingerprint density at radius 2 is 2.12 bits per heavy atom. The molecule has 3 rings (SSSR count). The van der Waals surface area contributed by atoms with Gasteiger partial charge < -0.3 is 15.0 Å². The van der Waals surface area contributed by atoms with Gasteiger partial charge in [0, 0.05) is 19.5 Å². The Hall–Kier alpha value is -1.47. The molecule has 7 heteroatoms.